The molecule has 0 radical (unpaired) electrons. The number of rotatable bonds is 8. The minimum Gasteiger partial charge on any atom is -0.399 e. The van der Waals surface area contributed by atoms with Crippen molar-refractivity contribution in [2.75, 3.05) is 29.0 Å². The van der Waals surface area contributed by atoms with E-state index in [0.29, 0.717) is 23.7 Å². The first-order chi connectivity index (χ1) is 13.9. The van der Waals surface area contributed by atoms with Crippen molar-refractivity contribution in [2.45, 2.75) is 38.8 Å². The van der Waals surface area contributed by atoms with Crippen LogP contribution in [0.25, 0.3) is 0 Å². The lowest BCUT2D eigenvalue weighted by atomic mass is 9.90. The molecule has 2 aromatic rings. The molecule has 1 unspecified atom stereocenters. The van der Waals surface area contributed by atoms with Gasteiger partial charge in [-0.1, -0.05) is 37.3 Å². The predicted molar refractivity (Wildman–Crippen MR) is 118 cm³/mol. The van der Waals surface area contributed by atoms with Crippen molar-refractivity contribution < 1.29 is 13.5 Å². The average molecular weight is 418 g/mol. The van der Waals surface area contributed by atoms with E-state index in [9.17, 15) is 13.5 Å². The molecule has 1 atom stereocenters. The molecule has 0 spiro atoms. The minimum atomic E-state index is -3.71. The van der Waals surface area contributed by atoms with Crippen LogP contribution in [0.4, 0.5) is 11.4 Å². The first-order valence-electron chi connectivity index (χ1n) is 10.2. The fourth-order valence-electron chi connectivity index (χ4n) is 3.87. The molecule has 1 aliphatic rings. The summed E-state index contributed by atoms with van der Waals surface area (Å²) < 4.78 is 27.4. The summed E-state index contributed by atoms with van der Waals surface area (Å²) >= 11 is 0. The first-order valence-corrected chi connectivity index (χ1v) is 11.8. The van der Waals surface area contributed by atoms with E-state index < -0.39 is 16.3 Å². The van der Waals surface area contributed by atoms with Gasteiger partial charge in [-0.2, -0.15) is 0 Å². The van der Waals surface area contributed by atoms with Gasteiger partial charge in [-0.25, -0.2) is 12.7 Å². The molecule has 2 aromatic carbocycles. The Morgan fingerprint density at radius 1 is 1.10 bits per heavy atom. The Hall–Kier alpha value is -2.09. The van der Waals surface area contributed by atoms with Crippen LogP contribution in [-0.2, 0) is 16.4 Å². The van der Waals surface area contributed by atoms with Crippen LogP contribution >= 0.6 is 0 Å². The van der Waals surface area contributed by atoms with E-state index in [1.807, 2.05) is 11.0 Å². The van der Waals surface area contributed by atoms with Gasteiger partial charge in [0.2, 0.25) is 0 Å². The quantitative estimate of drug-likeness (QED) is 0.509. The number of aliphatic hydroxyl groups excluding tert-OH is 1. The maximum Gasteiger partial charge on any atom is 0.250 e. The smallest absolute Gasteiger partial charge is 0.250 e. The second-order valence-electron chi connectivity index (χ2n) is 7.77. The van der Waals surface area contributed by atoms with Crippen LogP contribution in [-0.4, -0.2) is 43.6 Å². The van der Waals surface area contributed by atoms with Crippen molar-refractivity contribution in [2.24, 2.45) is 5.92 Å². The molecule has 6 nitrogen and oxygen atoms in total. The number of sulfonamides is 1. The highest BCUT2D eigenvalue weighted by atomic mass is 32.2. The second kappa shape index (κ2) is 9.61. The van der Waals surface area contributed by atoms with Gasteiger partial charge in [-0.3, -0.25) is 4.90 Å². The highest BCUT2D eigenvalue weighted by molar-refractivity contribution is 7.92. The summed E-state index contributed by atoms with van der Waals surface area (Å²) in [5.41, 5.74) is 8.05. The molecule has 0 aromatic heterocycles. The molecule has 1 heterocycles. The summed E-state index contributed by atoms with van der Waals surface area (Å²) in [6.07, 6.45) is 2.20. The van der Waals surface area contributed by atoms with Crippen molar-refractivity contribution in [3.63, 3.8) is 0 Å². The molecule has 1 fully saturated rings. The number of nitrogen functional groups attached to an aromatic ring is 1. The number of anilines is 2. The lowest BCUT2D eigenvalue weighted by molar-refractivity contribution is 0.178. The van der Waals surface area contributed by atoms with Gasteiger partial charge >= 0.3 is 0 Å². The Labute approximate surface area is 174 Å². The van der Waals surface area contributed by atoms with Gasteiger partial charge in [-0.05, 0) is 74.5 Å². The van der Waals surface area contributed by atoms with E-state index in [-0.39, 0.29) is 5.88 Å². The van der Waals surface area contributed by atoms with Crippen LogP contribution in [0.5, 0.6) is 0 Å². The first kappa shape index (κ1) is 21.6. The number of benzene rings is 2. The summed E-state index contributed by atoms with van der Waals surface area (Å²) in [5, 5.41) is 10.4. The summed E-state index contributed by atoms with van der Waals surface area (Å²) in [4.78, 5) is 1.98. The Balaban J connectivity index is 1.64. The third kappa shape index (κ3) is 5.72. The summed E-state index contributed by atoms with van der Waals surface area (Å²) in [6.45, 7) is 3.25. The topological polar surface area (TPSA) is 86.9 Å². The molecule has 3 rings (SSSR count). The third-order valence-electron chi connectivity index (χ3n) is 5.50. The fourth-order valence-corrected chi connectivity index (χ4v) is 5.67. The van der Waals surface area contributed by atoms with Crippen molar-refractivity contribution in [1.29, 1.82) is 0 Å². The van der Waals surface area contributed by atoms with Gasteiger partial charge < -0.3 is 10.8 Å². The van der Waals surface area contributed by atoms with Crippen LogP contribution in [0.15, 0.2) is 54.6 Å². The molecule has 158 valence electrons. The van der Waals surface area contributed by atoms with Crippen LogP contribution < -0.4 is 10.0 Å². The number of piperidine rings is 1. The van der Waals surface area contributed by atoms with Gasteiger partial charge in [0.1, 0.15) is 12.1 Å². The zero-order valence-electron chi connectivity index (χ0n) is 16.9. The Morgan fingerprint density at radius 3 is 2.31 bits per heavy atom. The zero-order valence-corrected chi connectivity index (χ0v) is 17.8. The van der Waals surface area contributed by atoms with Crippen molar-refractivity contribution in [1.82, 2.24) is 4.90 Å². The summed E-state index contributed by atoms with van der Waals surface area (Å²) in [5.74, 6) is 0.484. The Morgan fingerprint density at radius 2 is 1.72 bits per heavy atom. The predicted octanol–water partition coefficient (Wildman–Crippen LogP) is 3.05. The number of aliphatic hydroxyl groups is 1. The van der Waals surface area contributed by atoms with E-state index in [4.69, 9.17) is 5.73 Å². The molecule has 0 saturated carbocycles. The number of hydrogen-bond acceptors (Lipinski definition) is 5. The van der Waals surface area contributed by atoms with Crippen molar-refractivity contribution in [3.8, 4) is 0 Å². The minimum absolute atomic E-state index is 0.0908. The number of nitrogens with zero attached hydrogens (tertiary/aromatic N) is 2. The molecular weight excluding hydrogens is 386 g/mol. The van der Waals surface area contributed by atoms with E-state index in [1.165, 1.54) is 5.56 Å². The Kier molecular flexibility index (Phi) is 7.16. The Bertz CT molecular complexity index is 864. The normalized spacial score (nSPS) is 17.2. The van der Waals surface area contributed by atoms with Crippen molar-refractivity contribution in [3.05, 3.63) is 60.2 Å². The summed E-state index contributed by atoms with van der Waals surface area (Å²) in [7, 11) is -3.71. The molecule has 0 bridgehead atoms. The fraction of sp³-hybridized carbons (Fsp3) is 0.455. The van der Waals surface area contributed by atoms with Crippen LogP contribution in [0.1, 0.15) is 31.7 Å². The van der Waals surface area contributed by atoms with Crippen molar-refractivity contribution >= 4 is 21.4 Å². The highest BCUT2D eigenvalue weighted by Crippen LogP contribution is 2.26. The molecule has 3 N–H and O–H groups in total. The maximum absolute atomic E-state index is 13.2. The van der Waals surface area contributed by atoms with Gasteiger partial charge in [0.15, 0.2) is 0 Å². The lowest BCUT2D eigenvalue weighted by Gasteiger charge is -2.35. The molecule has 0 aliphatic carbocycles. The largest absolute Gasteiger partial charge is 0.399 e. The zero-order chi connectivity index (χ0) is 20.9. The maximum atomic E-state index is 13.2. The lowest BCUT2D eigenvalue weighted by Crippen LogP contribution is -2.47. The van der Waals surface area contributed by atoms with Gasteiger partial charge in [0.05, 0.1) is 5.69 Å². The highest BCUT2D eigenvalue weighted by Gasteiger charge is 2.31. The standard InChI is InChI=1S/C22H31N3O3S/c1-2-22(26)25(21-10-8-20(23)9-11-21)29(27,28)17-24-14-12-19(13-15-24)16-18-6-4-3-5-7-18/h3-11,19,22,26H,2,12-17,23H2,1H3. The SMILES string of the molecule is CCC(O)N(c1ccc(N)cc1)S(=O)(=O)CN1CCC(Cc2ccccc2)CC1. The van der Waals surface area contributed by atoms with E-state index in [0.717, 1.165) is 36.7 Å². The number of likely N-dealkylation sites (tertiary alicyclic amines) is 1. The van der Waals surface area contributed by atoms with Crippen LogP contribution in [0.2, 0.25) is 0 Å². The third-order valence-corrected chi connectivity index (χ3v) is 7.25. The second-order valence-corrected chi connectivity index (χ2v) is 9.58. The monoisotopic (exact) mass is 417 g/mol. The van der Waals surface area contributed by atoms with E-state index in [1.54, 1.807) is 31.2 Å². The van der Waals surface area contributed by atoms with E-state index in [2.05, 4.69) is 24.3 Å². The van der Waals surface area contributed by atoms with Crippen LogP contribution in [0.3, 0.4) is 0 Å². The molecule has 1 aliphatic heterocycles. The van der Waals surface area contributed by atoms with Crippen LogP contribution in [0, 0.1) is 5.92 Å². The summed E-state index contributed by atoms with van der Waals surface area (Å²) in [6, 6.07) is 17.0. The number of hydrogen-bond donors (Lipinski definition) is 2. The average Bonchev–Trinajstić information content (AvgIpc) is 2.71. The molecule has 0 amide bonds. The molecule has 1 saturated heterocycles. The van der Waals surface area contributed by atoms with Gasteiger partial charge in [-0.15, -0.1) is 0 Å². The van der Waals surface area contributed by atoms with Gasteiger partial charge in [0.25, 0.3) is 10.0 Å². The van der Waals surface area contributed by atoms with Gasteiger partial charge in [0, 0.05) is 5.69 Å². The molecular formula is C22H31N3O3S. The molecule has 7 heteroatoms. The molecule has 29 heavy (non-hydrogen) atoms. The van der Waals surface area contributed by atoms with E-state index >= 15 is 0 Å². The number of nitrogens with two attached hydrogens (primary N) is 1.